The van der Waals surface area contributed by atoms with E-state index in [9.17, 15) is 4.79 Å². The van der Waals surface area contributed by atoms with Gasteiger partial charge in [-0.3, -0.25) is 14.3 Å². The van der Waals surface area contributed by atoms with Gasteiger partial charge in [0, 0.05) is 24.2 Å². The molecule has 0 bridgehead atoms. The molecule has 3 aromatic rings. The van der Waals surface area contributed by atoms with E-state index in [0.29, 0.717) is 11.9 Å². The number of benzene rings is 1. The Morgan fingerprint density at radius 2 is 2.07 bits per heavy atom. The number of aromatic nitrogens is 3. The second kappa shape index (κ2) is 8.74. The molecule has 2 heterocycles. The van der Waals surface area contributed by atoms with Gasteiger partial charge in [-0.1, -0.05) is 41.6 Å². The second-order valence-corrected chi connectivity index (χ2v) is 8.58. The SMILES string of the molecule is CC(Sc1nc2ccccc2c(=O)n1CCC1=CCCCC1)c1cccnc1. The molecule has 0 radical (unpaired) electrons. The summed E-state index contributed by atoms with van der Waals surface area (Å²) >= 11 is 1.63. The van der Waals surface area contributed by atoms with Crippen LogP contribution in [-0.2, 0) is 6.54 Å². The van der Waals surface area contributed by atoms with Crippen molar-refractivity contribution in [2.45, 2.75) is 56.0 Å². The van der Waals surface area contributed by atoms with Crippen molar-refractivity contribution in [3.8, 4) is 0 Å². The van der Waals surface area contributed by atoms with Gasteiger partial charge in [-0.2, -0.15) is 0 Å². The van der Waals surface area contributed by atoms with Gasteiger partial charge in [-0.15, -0.1) is 0 Å². The zero-order chi connectivity index (χ0) is 19.3. The molecular weight excluding hydrogens is 366 g/mol. The lowest BCUT2D eigenvalue weighted by atomic mass is 9.97. The molecule has 4 rings (SSSR count). The van der Waals surface area contributed by atoms with E-state index in [1.807, 2.05) is 41.1 Å². The van der Waals surface area contributed by atoms with Gasteiger partial charge in [0.05, 0.1) is 10.9 Å². The van der Waals surface area contributed by atoms with Crippen LogP contribution >= 0.6 is 11.8 Å². The third-order valence-corrected chi connectivity index (χ3v) is 6.45. The van der Waals surface area contributed by atoms with Crippen LogP contribution in [0.5, 0.6) is 0 Å². The van der Waals surface area contributed by atoms with Gasteiger partial charge in [-0.05, 0) is 62.8 Å². The van der Waals surface area contributed by atoms with Crippen molar-refractivity contribution in [2.24, 2.45) is 0 Å². The summed E-state index contributed by atoms with van der Waals surface area (Å²) in [6.07, 6.45) is 11.8. The van der Waals surface area contributed by atoms with Crippen LogP contribution in [0.2, 0.25) is 0 Å². The molecule has 28 heavy (non-hydrogen) atoms. The van der Waals surface area contributed by atoms with Crippen molar-refractivity contribution in [3.05, 3.63) is 76.4 Å². The first kappa shape index (κ1) is 18.9. The Morgan fingerprint density at radius 1 is 1.18 bits per heavy atom. The zero-order valence-corrected chi connectivity index (χ0v) is 17.0. The molecule has 1 atom stereocenters. The minimum atomic E-state index is 0.0582. The zero-order valence-electron chi connectivity index (χ0n) is 16.2. The molecule has 0 N–H and O–H groups in total. The highest BCUT2D eigenvalue weighted by molar-refractivity contribution is 7.99. The highest BCUT2D eigenvalue weighted by Gasteiger charge is 2.16. The van der Waals surface area contributed by atoms with Gasteiger partial charge in [0.1, 0.15) is 0 Å². The third-order valence-electron chi connectivity index (χ3n) is 5.30. The molecule has 1 unspecified atom stereocenters. The maximum absolute atomic E-state index is 13.2. The Balaban J connectivity index is 1.68. The molecule has 0 saturated carbocycles. The van der Waals surface area contributed by atoms with E-state index in [1.54, 1.807) is 18.0 Å². The molecule has 0 spiro atoms. The van der Waals surface area contributed by atoms with E-state index in [0.717, 1.165) is 29.1 Å². The van der Waals surface area contributed by atoms with Crippen LogP contribution in [0.4, 0.5) is 0 Å². The topological polar surface area (TPSA) is 47.8 Å². The van der Waals surface area contributed by atoms with Crippen LogP contribution in [0, 0.1) is 0 Å². The lowest BCUT2D eigenvalue weighted by Gasteiger charge is -2.18. The fourth-order valence-corrected chi connectivity index (χ4v) is 4.71. The Morgan fingerprint density at radius 3 is 2.86 bits per heavy atom. The predicted molar refractivity (Wildman–Crippen MR) is 116 cm³/mol. The Bertz CT molecular complexity index is 1040. The number of thioether (sulfide) groups is 1. The van der Waals surface area contributed by atoms with E-state index in [1.165, 1.54) is 24.8 Å². The van der Waals surface area contributed by atoms with Crippen LogP contribution in [0.1, 0.15) is 49.8 Å². The first-order valence-corrected chi connectivity index (χ1v) is 10.8. The number of hydrogen-bond donors (Lipinski definition) is 0. The van der Waals surface area contributed by atoms with Gasteiger partial charge in [0.2, 0.25) is 0 Å². The maximum atomic E-state index is 13.2. The van der Waals surface area contributed by atoms with Crippen LogP contribution < -0.4 is 5.56 Å². The quantitative estimate of drug-likeness (QED) is 0.315. The Kier molecular flexibility index (Phi) is 5.91. The maximum Gasteiger partial charge on any atom is 0.262 e. The summed E-state index contributed by atoms with van der Waals surface area (Å²) < 4.78 is 1.87. The smallest absolute Gasteiger partial charge is 0.262 e. The minimum Gasteiger partial charge on any atom is -0.287 e. The summed E-state index contributed by atoms with van der Waals surface area (Å²) in [5.74, 6) is 0. The van der Waals surface area contributed by atoms with Crippen LogP contribution in [0.15, 0.2) is 70.4 Å². The fraction of sp³-hybridized carbons (Fsp3) is 0.348. The Hall–Kier alpha value is -2.40. The normalized spacial score (nSPS) is 15.4. The van der Waals surface area contributed by atoms with E-state index >= 15 is 0 Å². The summed E-state index contributed by atoms with van der Waals surface area (Å²) in [6, 6.07) is 11.7. The van der Waals surface area contributed by atoms with Crippen molar-refractivity contribution >= 4 is 22.7 Å². The summed E-state index contributed by atoms with van der Waals surface area (Å²) in [5.41, 5.74) is 3.43. The van der Waals surface area contributed by atoms with Gasteiger partial charge in [0.15, 0.2) is 5.16 Å². The number of allylic oxidation sites excluding steroid dienone is 2. The number of rotatable bonds is 6. The minimum absolute atomic E-state index is 0.0582. The molecule has 0 saturated heterocycles. The van der Waals surface area contributed by atoms with E-state index in [4.69, 9.17) is 4.98 Å². The number of pyridine rings is 1. The van der Waals surface area contributed by atoms with Crippen molar-refractivity contribution in [1.29, 1.82) is 0 Å². The lowest BCUT2D eigenvalue weighted by molar-refractivity contribution is 0.569. The standard InChI is InChI=1S/C23H25N3OS/c1-17(19-10-7-14-24-16-19)28-23-25-21-12-6-5-11-20(21)22(27)26(23)15-13-18-8-3-2-4-9-18/h5-8,10-12,14,16-17H,2-4,9,13,15H2,1H3. The number of para-hydroxylation sites is 1. The summed E-state index contributed by atoms with van der Waals surface area (Å²) in [4.78, 5) is 22.3. The molecule has 1 aliphatic carbocycles. The van der Waals surface area contributed by atoms with Crippen LogP contribution in [0.3, 0.4) is 0 Å². The Labute approximate surface area is 169 Å². The molecular formula is C23H25N3OS. The van der Waals surface area contributed by atoms with Gasteiger partial charge < -0.3 is 0 Å². The van der Waals surface area contributed by atoms with Gasteiger partial charge in [-0.25, -0.2) is 4.98 Å². The van der Waals surface area contributed by atoms with Crippen molar-refractivity contribution in [2.75, 3.05) is 0 Å². The molecule has 0 amide bonds. The first-order chi connectivity index (χ1) is 13.7. The van der Waals surface area contributed by atoms with Crippen LogP contribution in [0.25, 0.3) is 10.9 Å². The van der Waals surface area contributed by atoms with Crippen molar-refractivity contribution < 1.29 is 0 Å². The highest BCUT2D eigenvalue weighted by Crippen LogP contribution is 2.33. The molecule has 4 nitrogen and oxygen atoms in total. The van der Waals surface area contributed by atoms with E-state index in [2.05, 4.69) is 24.1 Å². The summed E-state index contributed by atoms with van der Waals surface area (Å²) in [7, 11) is 0. The highest BCUT2D eigenvalue weighted by atomic mass is 32.2. The molecule has 5 heteroatoms. The van der Waals surface area contributed by atoms with Crippen molar-refractivity contribution in [1.82, 2.24) is 14.5 Å². The summed E-state index contributed by atoms with van der Waals surface area (Å²) in [5, 5.41) is 1.65. The summed E-state index contributed by atoms with van der Waals surface area (Å²) in [6.45, 7) is 2.82. The van der Waals surface area contributed by atoms with Crippen molar-refractivity contribution in [3.63, 3.8) is 0 Å². The fourth-order valence-electron chi connectivity index (χ4n) is 3.66. The molecule has 1 aromatic carbocycles. The number of hydrogen-bond acceptors (Lipinski definition) is 4. The van der Waals surface area contributed by atoms with Gasteiger partial charge in [0.25, 0.3) is 5.56 Å². The number of nitrogens with zero attached hydrogens (tertiary/aromatic N) is 3. The largest absolute Gasteiger partial charge is 0.287 e. The first-order valence-electron chi connectivity index (χ1n) is 9.96. The molecule has 0 aliphatic heterocycles. The molecule has 1 aliphatic rings. The third kappa shape index (κ3) is 4.20. The molecule has 144 valence electrons. The average molecular weight is 392 g/mol. The van der Waals surface area contributed by atoms with E-state index in [-0.39, 0.29) is 10.8 Å². The average Bonchev–Trinajstić information content (AvgIpc) is 2.75. The van der Waals surface area contributed by atoms with E-state index < -0.39 is 0 Å². The number of fused-ring (bicyclic) bond motifs is 1. The predicted octanol–water partition coefficient (Wildman–Crippen LogP) is 5.54. The molecule has 2 aromatic heterocycles. The molecule has 0 fully saturated rings. The second-order valence-electron chi connectivity index (χ2n) is 7.27. The van der Waals surface area contributed by atoms with Crippen LogP contribution in [-0.4, -0.2) is 14.5 Å². The lowest BCUT2D eigenvalue weighted by Crippen LogP contribution is -2.24. The van der Waals surface area contributed by atoms with Gasteiger partial charge >= 0.3 is 0 Å². The monoisotopic (exact) mass is 391 g/mol.